The molecular formula is C18H21N3O. The number of nitrogens with two attached hydrogens (primary N) is 1. The van der Waals surface area contributed by atoms with Crippen LogP contribution < -0.4 is 11.1 Å². The monoisotopic (exact) mass is 295 g/mol. The molecule has 3 unspecified atom stereocenters. The van der Waals surface area contributed by atoms with Crippen LogP contribution in [0.2, 0.25) is 0 Å². The van der Waals surface area contributed by atoms with E-state index < -0.39 is 0 Å². The normalized spacial score (nSPS) is 22.2. The van der Waals surface area contributed by atoms with Crippen LogP contribution in [0.3, 0.4) is 0 Å². The van der Waals surface area contributed by atoms with E-state index in [1.54, 1.807) is 12.4 Å². The van der Waals surface area contributed by atoms with Crippen LogP contribution in [0.5, 0.6) is 0 Å². The first-order chi connectivity index (χ1) is 10.7. The summed E-state index contributed by atoms with van der Waals surface area (Å²) in [7, 11) is 0. The van der Waals surface area contributed by atoms with Gasteiger partial charge in [0, 0.05) is 24.4 Å². The number of nitrogens with one attached hydrogen (secondary N) is 1. The van der Waals surface area contributed by atoms with Crippen LogP contribution in [0.25, 0.3) is 0 Å². The average molecular weight is 295 g/mol. The lowest BCUT2D eigenvalue weighted by Crippen LogP contribution is -2.34. The number of pyridine rings is 1. The summed E-state index contributed by atoms with van der Waals surface area (Å²) in [4.78, 5) is 16.7. The Balaban J connectivity index is 1.82. The molecule has 2 aromatic rings. The molecule has 3 rings (SSSR count). The minimum atomic E-state index is -0.167. The second-order valence-electron chi connectivity index (χ2n) is 5.91. The molecule has 0 spiro atoms. The smallest absolute Gasteiger partial charge is 0.223 e. The van der Waals surface area contributed by atoms with Crippen LogP contribution in [0.15, 0.2) is 54.9 Å². The van der Waals surface area contributed by atoms with Crippen LogP contribution >= 0.6 is 0 Å². The van der Waals surface area contributed by atoms with Crippen molar-refractivity contribution in [2.24, 2.45) is 11.7 Å². The molecule has 0 radical (unpaired) electrons. The standard InChI is InChI=1S/C18H21N3O/c19-16-9-8-14(11-16)18(22)21-17(13-5-2-1-3-6-13)15-7-4-10-20-12-15/h1-7,10,12,14,16-17H,8-9,11,19H2,(H,21,22). The van der Waals surface area contributed by atoms with E-state index in [1.807, 2.05) is 42.5 Å². The summed E-state index contributed by atoms with van der Waals surface area (Å²) in [6, 6.07) is 13.9. The van der Waals surface area contributed by atoms with Crippen molar-refractivity contribution < 1.29 is 4.79 Å². The SMILES string of the molecule is NC1CCC(C(=O)NC(c2ccccc2)c2cccnc2)C1. The van der Waals surface area contributed by atoms with Crippen LogP contribution in [0.4, 0.5) is 0 Å². The molecule has 1 aliphatic carbocycles. The lowest BCUT2D eigenvalue weighted by Gasteiger charge is -2.21. The van der Waals surface area contributed by atoms with Gasteiger partial charge >= 0.3 is 0 Å². The first-order valence-corrected chi connectivity index (χ1v) is 7.75. The summed E-state index contributed by atoms with van der Waals surface area (Å²) in [5.74, 6) is 0.114. The van der Waals surface area contributed by atoms with Crippen LogP contribution in [0, 0.1) is 5.92 Å². The molecule has 1 aliphatic rings. The lowest BCUT2D eigenvalue weighted by atomic mass is 9.98. The highest BCUT2D eigenvalue weighted by atomic mass is 16.1. The van der Waals surface area contributed by atoms with Gasteiger partial charge in [-0.3, -0.25) is 9.78 Å². The third-order valence-corrected chi connectivity index (χ3v) is 4.28. The second kappa shape index (κ2) is 6.71. The summed E-state index contributed by atoms with van der Waals surface area (Å²) < 4.78 is 0. The number of aromatic nitrogens is 1. The summed E-state index contributed by atoms with van der Waals surface area (Å²) in [6.07, 6.45) is 6.13. The number of hydrogen-bond donors (Lipinski definition) is 2. The van der Waals surface area contributed by atoms with Crippen molar-refractivity contribution in [1.29, 1.82) is 0 Å². The highest BCUT2D eigenvalue weighted by Gasteiger charge is 2.29. The van der Waals surface area contributed by atoms with E-state index in [9.17, 15) is 4.79 Å². The Hall–Kier alpha value is -2.20. The van der Waals surface area contributed by atoms with Gasteiger partial charge in [-0.2, -0.15) is 0 Å². The predicted octanol–water partition coefficient (Wildman–Crippen LogP) is 2.41. The van der Waals surface area contributed by atoms with Crippen molar-refractivity contribution in [1.82, 2.24) is 10.3 Å². The first-order valence-electron chi connectivity index (χ1n) is 7.75. The highest BCUT2D eigenvalue weighted by molar-refractivity contribution is 5.80. The average Bonchev–Trinajstić information content (AvgIpc) is 3.01. The minimum absolute atomic E-state index is 0.0258. The Kier molecular flexibility index (Phi) is 4.49. The molecule has 4 nitrogen and oxygen atoms in total. The Morgan fingerprint density at radius 3 is 2.55 bits per heavy atom. The first kappa shape index (κ1) is 14.7. The highest BCUT2D eigenvalue weighted by Crippen LogP contribution is 2.27. The molecule has 1 aromatic carbocycles. The Labute approximate surface area is 130 Å². The second-order valence-corrected chi connectivity index (χ2v) is 5.91. The third kappa shape index (κ3) is 3.34. The number of hydrogen-bond acceptors (Lipinski definition) is 3. The molecule has 3 N–H and O–H groups in total. The van der Waals surface area contributed by atoms with Crippen molar-refractivity contribution in [3.8, 4) is 0 Å². The molecule has 1 saturated carbocycles. The molecule has 4 heteroatoms. The van der Waals surface area contributed by atoms with Gasteiger partial charge < -0.3 is 11.1 Å². The zero-order chi connectivity index (χ0) is 15.4. The van der Waals surface area contributed by atoms with E-state index in [0.29, 0.717) is 0 Å². The fourth-order valence-electron chi connectivity index (χ4n) is 3.07. The molecule has 3 atom stereocenters. The summed E-state index contributed by atoms with van der Waals surface area (Å²) in [5, 5.41) is 3.18. The van der Waals surface area contributed by atoms with Crippen LogP contribution in [0.1, 0.15) is 36.4 Å². The van der Waals surface area contributed by atoms with E-state index in [2.05, 4.69) is 10.3 Å². The molecule has 22 heavy (non-hydrogen) atoms. The van der Waals surface area contributed by atoms with E-state index in [4.69, 9.17) is 5.73 Å². The van der Waals surface area contributed by atoms with E-state index in [0.717, 1.165) is 30.4 Å². The zero-order valence-electron chi connectivity index (χ0n) is 12.5. The molecule has 1 aromatic heterocycles. The van der Waals surface area contributed by atoms with Crippen LogP contribution in [-0.4, -0.2) is 16.9 Å². The number of amides is 1. The molecule has 0 bridgehead atoms. The molecule has 1 amide bonds. The number of nitrogens with zero attached hydrogens (tertiary/aromatic N) is 1. The lowest BCUT2D eigenvalue weighted by molar-refractivity contribution is -0.125. The summed E-state index contributed by atoms with van der Waals surface area (Å²) in [5.41, 5.74) is 7.98. The van der Waals surface area contributed by atoms with Gasteiger partial charge in [-0.15, -0.1) is 0 Å². The summed E-state index contributed by atoms with van der Waals surface area (Å²) in [6.45, 7) is 0. The molecule has 114 valence electrons. The Morgan fingerprint density at radius 2 is 1.91 bits per heavy atom. The number of rotatable bonds is 4. The van der Waals surface area contributed by atoms with Gasteiger partial charge in [-0.05, 0) is 36.5 Å². The molecule has 1 heterocycles. The van der Waals surface area contributed by atoms with Crippen LogP contribution in [-0.2, 0) is 4.79 Å². The van der Waals surface area contributed by atoms with Gasteiger partial charge in [-0.25, -0.2) is 0 Å². The molecule has 0 saturated heterocycles. The van der Waals surface area contributed by atoms with Gasteiger partial charge in [0.2, 0.25) is 5.91 Å². The fraction of sp³-hybridized carbons (Fsp3) is 0.333. The van der Waals surface area contributed by atoms with E-state index >= 15 is 0 Å². The number of benzene rings is 1. The summed E-state index contributed by atoms with van der Waals surface area (Å²) >= 11 is 0. The van der Waals surface area contributed by atoms with E-state index in [-0.39, 0.29) is 23.9 Å². The van der Waals surface area contributed by atoms with Gasteiger partial charge in [0.05, 0.1) is 6.04 Å². The maximum absolute atomic E-state index is 12.6. The van der Waals surface area contributed by atoms with Crippen molar-refractivity contribution in [2.45, 2.75) is 31.3 Å². The quantitative estimate of drug-likeness (QED) is 0.910. The van der Waals surface area contributed by atoms with Crippen molar-refractivity contribution >= 4 is 5.91 Å². The van der Waals surface area contributed by atoms with Crippen molar-refractivity contribution in [3.63, 3.8) is 0 Å². The topological polar surface area (TPSA) is 68.0 Å². The number of carbonyl (C=O) groups excluding carboxylic acids is 1. The number of carbonyl (C=O) groups is 1. The minimum Gasteiger partial charge on any atom is -0.345 e. The Morgan fingerprint density at radius 1 is 1.14 bits per heavy atom. The van der Waals surface area contributed by atoms with Gasteiger partial charge in [0.25, 0.3) is 0 Å². The molecule has 0 aliphatic heterocycles. The molecule has 1 fully saturated rings. The predicted molar refractivity (Wildman–Crippen MR) is 86.0 cm³/mol. The van der Waals surface area contributed by atoms with Gasteiger partial charge in [0.15, 0.2) is 0 Å². The van der Waals surface area contributed by atoms with Gasteiger partial charge in [-0.1, -0.05) is 36.4 Å². The largest absolute Gasteiger partial charge is 0.345 e. The zero-order valence-corrected chi connectivity index (χ0v) is 12.5. The fourth-order valence-corrected chi connectivity index (χ4v) is 3.07. The maximum Gasteiger partial charge on any atom is 0.223 e. The van der Waals surface area contributed by atoms with Crippen molar-refractivity contribution in [3.05, 3.63) is 66.0 Å². The van der Waals surface area contributed by atoms with E-state index in [1.165, 1.54) is 0 Å². The van der Waals surface area contributed by atoms with Crippen molar-refractivity contribution in [2.75, 3.05) is 0 Å². The third-order valence-electron chi connectivity index (χ3n) is 4.28. The Bertz CT molecular complexity index is 575. The maximum atomic E-state index is 12.6. The van der Waals surface area contributed by atoms with Gasteiger partial charge in [0.1, 0.15) is 0 Å². The molecular weight excluding hydrogens is 274 g/mol.